The lowest BCUT2D eigenvalue weighted by Gasteiger charge is -2.41. The molecule has 2 saturated heterocycles. The Morgan fingerprint density at radius 3 is 2.58 bits per heavy atom. The summed E-state index contributed by atoms with van der Waals surface area (Å²) in [5, 5.41) is 4.52. The van der Waals surface area contributed by atoms with Gasteiger partial charge in [-0.25, -0.2) is 19.9 Å². The number of ether oxygens (including phenoxy) is 1. The third-order valence-electron chi connectivity index (χ3n) is 6.53. The summed E-state index contributed by atoms with van der Waals surface area (Å²) in [6.45, 7) is 4.65. The highest BCUT2D eigenvalue weighted by Gasteiger charge is 2.47. The Morgan fingerprint density at radius 2 is 1.91 bits per heavy atom. The summed E-state index contributed by atoms with van der Waals surface area (Å²) < 4.78 is 5.83. The number of halogens is 1. The quantitative estimate of drug-likeness (QED) is 0.554. The number of nitrogens with two attached hydrogens (primary N) is 1. The molecule has 0 bridgehead atoms. The maximum atomic E-state index is 6.63. The molecule has 1 spiro atoms. The van der Waals surface area contributed by atoms with Crippen molar-refractivity contribution in [3.8, 4) is 0 Å². The molecule has 4 heterocycles. The maximum absolute atomic E-state index is 6.63. The van der Waals surface area contributed by atoms with E-state index in [4.69, 9.17) is 22.1 Å². The normalized spacial score (nSPS) is 22.0. The van der Waals surface area contributed by atoms with E-state index in [9.17, 15) is 0 Å². The molecule has 2 aliphatic heterocycles. The van der Waals surface area contributed by atoms with Crippen LogP contribution in [0.5, 0.6) is 0 Å². The lowest BCUT2D eigenvalue weighted by Crippen LogP contribution is -2.50. The Hall–Kier alpha value is -2.46. The van der Waals surface area contributed by atoms with Gasteiger partial charge in [0, 0.05) is 41.8 Å². The number of nitrogens with one attached hydrogen (secondary N) is 1. The number of nitrogens with zero attached hydrogens (tertiary/aromatic N) is 5. The number of hydrogen-bond donors (Lipinski definition) is 2. The first kappa shape index (κ1) is 22.3. The number of rotatable bonds is 5. The largest absolute Gasteiger partial charge is 0.376 e. The van der Waals surface area contributed by atoms with Crippen LogP contribution >= 0.6 is 23.4 Å². The highest BCUT2D eigenvalue weighted by molar-refractivity contribution is 7.99. The van der Waals surface area contributed by atoms with Gasteiger partial charge >= 0.3 is 0 Å². The molecule has 2 fully saturated rings. The van der Waals surface area contributed by atoms with Crippen molar-refractivity contribution < 1.29 is 4.74 Å². The number of benzene rings is 1. The molecule has 172 valence electrons. The fourth-order valence-corrected chi connectivity index (χ4v) is 5.53. The van der Waals surface area contributed by atoms with Gasteiger partial charge in [-0.2, -0.15) is 0 Å². The van der Waals surface area contributed by atoms with Crippen molar-refractivity contribution in [3.05, 3.63) is 54.1 Å². The minimum Gasteiger partial charge on any atom is -0.376 e. The first-order valence-corrected chi connectivity index (χ1v) is 12.2. The van der Waals surface area contributed by atoms with E-state index in [-0.39, 0.29) is 17.6 Å². The van der Waals surface area contributed by atoms with Crippen LogP contribution in [0.4, 0.5) is 17.5 Å². The lowest BCUT2D eigenvalue weighted by molar-refractivity contribution is 0.0974. The van der Waals surface area contributed by atoms with E-state index < -0.39 is 0 Å². The molecule has 3 aromatic rings. The zero-order chi connectivity index (χ0) is 22.8. The van der Waals surface area contributed by atoms with Gasteiger partial charge in [0.15, 0.2) is 0 Å². The molecule has 3 N–H and O–H groups in total. The summed E-state index contributed by atoms with van der Waals surface area (Å²) >= 11 is 8.10. The summed E-state index contributed by atoms with van der Waals surface area (Å²) in [7, 11) is 0. The summed E-state index contributed by atoms with van der Waals surface area (Å²) in [4.78, 5) is 20.8. The zero-order valence-corrected chi connectivity index (χ0v) is 19.9. The molecule has 0 amide bonds. The van der Waals surface area contributed by atoms with Gasteiger partial charge in [-0.3, -0.25) is 0 Å². The second-order valence-corrected chi connectivity index (χ2v) is 9.96. The SMILES string of the molecule is C[C@@H]1OCC2(CCN(c3cnc(Sc4cccc(Nc5ncccn5)c4Cl)cn3)CC2)[C@@H]1N. The van der Waals surface area contributed by atoms with E-state index in [0.717, 1.165) is 54.0 Å². The Balaban J connectivity index is 1.23. The molecule has 2 aliphatic rings. The summed E-state index contributed by atoms with van der Waals surface area (Å²) in [6.07, 6.45) is 9.15. The second-order valence-electron chi connectivity index (χ2n) is 8.52. The van der Waals surface area contributed by atoms with Crippen molar-refractivity contribution in [1.29, 1.82) is 0 Å². The van der Waals surface area contributed by atoms with Crippen LogP contribution in [0.1, 0.15) is 19.8 Å². The highest BCUT2D eigenvalue weighted by atomic mass is 35.5. The molecule has 5 rings (SSSR count). The Morgan fingerprint density at radius 1 is 1.12 bits per heavy atom. The summed E-state index contributed by atoms with van der Waals surface area (Å²) in [5.41, 5.74) is 7.27. The number of hydrogen-bond acceptors (Lipinski definition) is 9. The molecule has 1 aromatic carbocycles. The van der Waals surface area contributed by atoms with Gasteiger partial charge in [0.1, 0.15) is 10.8 Å². The minimum absolute atomic E-state index is 0.0970. The predicted molar refractivity (Wildman–Crippen MR) is 130 cm³/mol. The fourth-order valence-electron chi connectivity index (χ4n) is 4.46. The van der Waals surface area contributed by atoms with Gasteiger partial charge in [-0.05, 0) is 38.0 Å². The van der Waals surface area contributed by atoms with Crippen LogP contribution in [0, 0.1) is 5.41 Å². The van der Waals surface area contributed by atoms with Gasteiger partial charge in [0.05, 0.1) is 35.8 Å². The van der Waals surface area contributed by atoms with E-state index >= 15 is 0 Å². The van der Waals surface area contributed by atoms with Crippen LogP contribution in [0.25, 0.3) is 0 Å². The van der Waals surface area contributed by atoms with Crippen molar-refractivity contribution in [3.63, 3.8) is 0 Å². The van der Waals surface area contributed by atoms with Gasteiger partial charge in [0.2, 0.25) is 5.95 Å². The third-order valence-corrected chi connectivity index (χ3v) is 8.03. The molecule has 0 unspecified atom stereocenters. The first-order chi connectivity index (χ1) is 16.0. The molecule has 8 nitrogen and oxygen atoms in total. The van der Waals surface area contributed by atoms with E-state index in [0.29, 0.717) is 11.0 Å². The van der Waals surface area contributed by atoms with E-state index in [1.807, 2.05) is 24.4 Å². The Labute approximate surface area is 202 Å². The van der Waals surface area contributed by atoms with Gasteiger partial charge in [-0.1, -0.05) is 29.4 Å². The van der Waals surface area contributed by atoms with Gasteiger partial charge in [-0.15, -0.1) is 0 Å². The fraction of sp³-hybridized carbons (Fsp3) is 0.391. The monoisotopic (exact) mass is 483 g/mol. The Bertz CT molecular complexity index is 1090. The minimum atomic E-state index is 0.0970. The van der Waals surface area contributed by atoms with E-state index in [1.165, 1.54) is 11.8 Å². The van der Waals surface area contributed by atoms with Crippen LogP contribution in [0.3, 0.4) is 0 Å². The van der Waals surface area contributed by atoms with E-state index in [2.05, 4.69) is 37.1 Å². The van der Waals surface area contributed by atoms with Gasteiger partial charge < -0.3 is 20.7 Å². The molecule has 2 aromatic heterocycles. The van der Waals surface area contributed by atoms with Crippen LogP contribution < -0.4 is 16.0 Å². The molecular formula is C23H26ClN7OS. The zero-order valence-electron chi connectivity index (χ0n) is 18.3. The van der Waals surface area contributed by atoms with Crippen molar-refractivity contribution in [2.75, 3.05) is 29.9 Å². The van der Waals surface area contributed by atoms with Gasteiger partial charge in [0.25, 0.3) is 0 Å². The molecule has 0 saturated carbocycles. The molecule has 0 radical (unpaired) electrons. The number of piperidine rings is 1. The topological polar surface area (TPSA) is 102 Å². The van der Waals surface area contributed by atoms with Crippen molar-refractivity contribution in [2.24, 2.45) is 11.1 Å². The number of anilines is 3. The third kappa shape index (κ3) is 4.63. The Kier molecular flexibility index (Phi) is 6.38. The van der Waals surface area contributed by atoms with Crippen LogP contribution in [0.2, 0.25) is 5.02 Å². The molecule has 2 atom stereocenters. The standard InChI is InChI=1S/C23H26ClN7OS/c1-15-21(25)23(14-32-15)6-10-31(11-7-23)18-12-29-19(13-28-18)33-17-5-2-4-16(20(17)24)30-22-26-8-3-9-27-22/h2-5,8-9,12-13,15,21H,6-7,10-11,14,25H2,1H3,(H,26,27,30)/t15-,21+/m0/s1. The molecule has 10 heteroatoms. The predicted octanol–water partition coefficient (Wildman–Crippen LogP) is 4.15. The number of aromatic nitrogens is 4. The highest BCUT2D eigenvalue weighted by Crippen LogP contribution is 2.42. The lowest BCUT2D eigenvalue weighted by atomic mass is 9.73. The average Bonchev–Trinajstić information content (AvgIpc) is 3.12. The molecule has 33 heavy (non-hydrogen) atoms. The van der Waals surface area contributed by atoms with Crippen LogP contribution in [0.15, 0.2) is 59.0 Å². The molecular weight excluding hydrogens is 458 g/mol. The van der Waals surface area contributed by atoms with Crippen molar-refractivity contribution in [1.82, 2.24) is 19.9 Å². The second kappa shape index (κ2) is 9.42. The average molecular weight is 484 g/mol. The summed E-state index contributed by atoms with van der Waals surface area (Å²) in [5.74, 6) is 1.38. The summed E-state index contributed by atoms with van der Waals surface area (Å²) in [6, 6.07) is 7.65. The smallest absolute Gasteiger partial charge is 0.227 e. The molecule has 0 aliphatic carbocycles. The van der Waals surface area contributed by atoms with Crippen molar-refractivity contribution in [2.45, 2.75) is 41.8 Å². The van der Waals surface area contributed by atoms with Crippen LogP contribution in [-0.2, 0) is 4.74 Å². The van der Waals surface area contributed by atoms with Crippen molar-refractivity contribution >= 4 is 40.8 Å². The maximum Gasteiger partial charge on any atom is 0.227 e. The van der Waals surface area contributed by atoms with E-state index in [1.54, 1.807) is 24.7 Å². The first-order valence-electron chi connectivity index (χ1n) is 11.0. The van der Waals surface area contributed by atoms with Crippen LogP contribution in [-0.4, -0.2) is 51.8 Å².